The molecule has 0 saturated carbocycles. The number of nitrogens with zero attached hydrogens (tertiary/aromatic N) is 2. The number of fused-ring (bicyclic) bond motifs is 1. The molecule has 8 nitrogen and oxygen atoms in total. The number of hydrogen-bond acceptors (Lipinski definition) is 8. The zero-order valence-electron chi connectivity index (χ0n) is 22.6. The zero-order chi connectivity index (χ0) is 29.4. The van der Waals surface area contributed by atoms with Gasteiger partial charge in [-0.05, 0) is 72.1 Å². The summed E-state index contributed by atoms with van der Waals surface area (Å²) in [6, 6.07) is 25.2. The van der Waals surface area contributed by atoms with Crippen molar-refractivity contribution >= 4 is 54.3 Å². The first-order valence-electron chi connectivity index (χ1n) is 13.1. The van der Waals surface area contributed by atoms with E-state index in [0.29, 0.717) is 34.3 Å². The van der Waals surface area contributed by atoms with Crippen LogP contribution < -0.4 is 10.6 Å². The highest BCUT2D eigenvalue weighted by molar-refractivity contribution is 9.10. The number of anilines is 2. The minimum absolute atomic E-state index is 0.0934. The van der Waals surface area contributed by atoms with E-state index in [1.54, 1.807) is 24.3 Å². The molecule has 0 aliphatic heterocycles. The first kappa shape index (κ1) is 27.9. The molecule has 0 fully saturated rings. The normalized spacial score (nSPS) is 12.8. The predicted octanol–water partition coefficient (Wildman–Crippen LogP) is 8.77. The molecule has 0 aliphatic carbocycles. The Labute approximate surface area is 258 Å². The maximum absolute atomic E-state index is 11.4. The van der Waals surface area contributed by atoms with Crippen molar-refractivity contribution in [1.29, 1.82) is 0 Å². The molecule has 6 aromatic rings. The van der Waals surface area contributed by atoms with Gasteiger partial charge in [0.1, 0.15) is 23.0 Å². The van der Waals surface area contributed by atoms with Crippen LogP contribution in [0.2, 0.25) is 0 Å². The fourth-order valence-corrected chi connectivity index (χ4v) is 6.05. The van der Waals surface area contributed by atoms with Crippen molar-refractivity contribution in [2.24, 2.45) is 0 Å². The average molecular weight is 690 g/mol. The molecule has 2 atom stereocenters. The van der Waals surface area contributed by atoms with Crippen LogP contribution in [0.15, 0.2) is 103 Å². The number of benzene rings is 4. The quantitative estimate of drug-likeness (QED) is 0.125. The molecule has 0 amide bonds. The van der Waals surface area contributed by atoms with Crippen molar-refractivity contribution in [2.45, 2.75) is 25.9 Å². The lowest BCUT2D eigenvalue weighted by Crippen LogP contribution is -2.15. The summed E-state index contributed by atoms with van der Waals surface area (Å²) in [7, 11) is 0. The first-order valence-corrected chi connectivity index (χ1v) is 14.7. The van der Waals surface area contributed by atoms with Gasteiger partial charge in [0.2, 0.25) is 0 Å². The number of aromatic hydroxyl groups is 2. The fraction of sp³-hybridized carbons (Fsp3) is 0.125. The van der Waals surface area contributed by atoms with Crippen LogP contribution in [0, 0.1) is 13.8 Å². The second-order valence-electron chi connectivity index (χ2n) is 10.0. The molecule has 0 spiro atoms. The summed E-state index contributed by atoms with van der Waals surface area (Å²) in [5.74, 6) is 2.56. The summed E-state index contributed by atoms with van der Waals surface area (Å²) < 4.78 is 12.4. The van der Waals surface area contributed by atoms with Gasteiger partial charge in [0.25, 0.3) is 0 Å². The summed E-state index contributed by atoms with van der Waals surface area (Å²) in [4.78, 5) is 0. The minimum Gasteiger partial charge on any atom is -0.508 e. The maximum Gasteiger partial charge on any atom is 0.170 e. The minimum atomic E-state index is -0.511. The fourth-order valence-electron chi connectivity index (χ4n) is 5.22. The van der Waals surface area contributed by atoms with Crippen LogP contribution in [-0.2, 0) is 0 Å². The van der Waals surface area contributed by atoms with Gasteiger partial charge in [0, 0.05) is 32.2 Å². The Kier molecular flexibility index (Phi) is 7.66. The SMILES string of the molecule is Cc1cc(N[C@H](c2cccc(Br)c2)c2c(O)ccc3c([C@H](Nc4cc(C)on4)c4cccc(Br)c4)c(O)ccc23)no1. The van der Waals surface area contributed by atoms with E-state index in [0.717, 1.165) is 30.8 Å². The lowest BCUT2D eigenvalue weighted by atomic mass is 9.87. The van der Waals surface area contributed by atoms with Gasteiger partial charge in [0.15, 0.2) is 11.6 Å². The van der Waals surface area contributed by atoms with Crippen LogP contribution in [0.4, 0.5) is 11.6 Å². The number of hydrogen-bond donors (Lipinski definition) is 4. The summed E-state index contributed by atoms with van der Waals surface area (Å²) in [6.07, 6.45) is 0. The van der Waals surface area contributed by atoms with Crippen molar-refractivity contribution in [3.8, 4) is 11.5 Å². The van der Waals surface area contributed by atoms with Crippen molar-refractivity contribution in [3.63, 3.8) is 0 Å². The number of halogens is 2. The number of phenols is 2. The molecule has 0 saturated heterocycles. The Morgan fingerprint density at radius 2 is 1.05 bits per heavy atom. The standard InChI is InChI=1S/C32H26Br2N4O4/c1-17-13-27(37-41-17)35-31(19-5-3-7-21(33)15-19)29-23-9-12-26(40)30(24(23)10-11-25(29)39)32(20-6-4-8-22(34)16-20)36-28-14-18(2)42-38-28/h3-16,31-32,39-40H,1-2H3,(H,35,37)(H,36,38)/t31-,32-/m1/s1. The Bertz CT molecular complexity index is 1760. The second kappa shape index (κ2) is 11.5. The molecule has 2 aromatic heterocycles. The number of nitrogens with one attached hydrogen (secondary N) is 2. The molecular weight excluding hydrogens is 664 g/mol. The van der Waals surface area contributed by atoms with Gasteiger partial charge in [-0.1, -0.05) is 78.6 Å². The number of aromatic nitrogens is 2. The smallest absolute Gasteiger partial charge is 0.170 e. The van der Waals surface area contributed by atoms with Crippen LogP contribution in [0.5, 0.6) is 11.5 Å². The highest BCUT2D eigenvalue weighted by Crippen LogP contribution is 2.44. The number of phenolic OH excluding ortho intramolecular Hbond substituents is 2. The van der Waals surface area contributed by atoms with Gasteiger partial charge in [0.05, 0.1) is 12.1 Å². The Morgan fingerprint density at radius 3 is 1.40 bits per heavy atom. The van der Waals surface area contributed by atoms with E-state index >= 15 is 0 Å². The molecule has 10 heteroatoms. The Morgan fingerprint density at radius 1 is 0.619 bits per heavy atom. The molecule has 212 valence electrons. The zero-order valence-corrected chi connectivity index (χ0v) is 25.8. The van der Waals surface area contributed by atoms with E-state index in [-0.39, 0.29) is 11.5 Å². The van der Waals surface area contributed by atoms with Gasteiger partial charge in [-0.3, -0.25) is 0 Å². The largest absolute Gasteiger partial charge is 0.508 e. The third kappa shape index (κ3) is 5.60. The van der Waals surface area contributed by atoms with E-state index in [2.05, 4.69) is 52.8 Å². The van der Waals surface area contributed by atoms with Gasteiger partial charge in [-0.15, -0.1) is 0 Å². The number of rotatable bonds is 8. The monoisotopic (exact) mass is 688 g/mol. The Hall–Kier alpha value is -4.28. The lowest BCUT2D eigenvalue weighted by molar-refractivity contribution is 0.399. The second-order valence-corrected chi connectivity index (χ2v) is 11.8. The van der Waals surface area contributed by atoms with Crippen molar-refractivity contribution in [1.82, 2.24) is 10.3 Å². The van der Waals surface area contributed by atoms with Crippen LogP contribution in [0.25, 0.3) is 10.8 Å². The predicted molar refractivity (Wildman–Crippen MR) is 169 cm³/mol. The molecule has 0 radical (unpaired) electrons. The van der Waals surface area contributed by atoms with Crippen molar-refractivity contribution < 1.29 is 19.3 Å². The van der Waals surface area contributed by atoms with E-state index in [1.807, 2.05) is 74.5 Å². The van der Waals surface area contributed by atoms with Gasteiger partial charge >= 0.3 is 0 Å². The lowest BCUT2D eigenvalue weighted by Gasteiger charge is -2.26. The summed E-state index contributed by atoms with van der Waals surface area (Å²) in [5.41, 5.74) is 3.03. The molecule has 2 heterocycles. The van der Waals surface area contributed by atoms with Crippen LogP contribution in [0.3, 0.4) is 0 Å². The third-order valence-electron chi connectivity index (χ3n) is 7.02. The summed E-state index contributed by atoms with van der Waals surface area (Å²) in [5, 5.41) is 39.4. The Balaban J connectivity index is 1.58. The highest BCUT2D eigenvalue weighted by Gasteiger charge is 2.27. The van der Waals surface area contributed by atoms with E-state index in [4.69, 9.17) is 9.05 Å². The third-order valence-corrected chi connectivity index (χ3v) is 8.01. The van der Waals surface area contributed by atoms with E-state index in [1.165, 1.54) is 0 Å². The number of aryl methyl sites for hydroxylation is 2. The molecule has 6 rings (SSSR count). The average Bonchev–Trinajstić information content (AvgIpc) is 3.58. The van der Waals surface area contributed by atoms with Gasteiger partial charge < -0.3 is 29.9 Å². The van der Waals surface area contributed by atoms with Crippen molar-refractivity contribution in [3.05, 3.63) is 128 Å². The van der Waals surface area contributed by atoms with Gasteiger partial charge in [-0.25, -0.2) is 0 Å². The van der Waals surface area contributed by atoms with E-state index < -0.39 is 12.1 Å². The topological polar surface area (TPSA) is 117 Å². The van der Waals surface area contributed by atoms with E-state index in [9.17, 15) is 10.2 Å². The highest BCUT2D eigenvalue weighted by atomic mass is 79.9. The first-order chi connectivity index (χ1) is 20.3. The molecule has 0 unspecified atom stereocenters. The van der Waals surface area contributed by atoms with Crippen LogP contribution in [-0.4, -0.2) is 20.5 Å². The maximum atomic E-state index is 11.4. The molecule has 4 aromatic carbocycles. The van der Waals surface area contributed by atoms with Crippen LogP contribution in [0.1, 0.15) is 45.9 Å². The molecule has 42 heavy (non-hydrogen) atoms. The molecule has 0 bridgehead atoms. The molecule has 4 N–H and O–H groups in total. The van der Waals surface area contributed by atoms with Crippen molar-refractivity contribution in [2.75, 3.05) is 10.6 Å². The van der Waals surface area contributed by atoms with Gasteiger partial charge in [-0.2, -0.15) is 0 Å². The summed E-state index contributed by atoms with van der Waals surface area (Å²) in [6.45, 7) is 3.64. The molecule has 0 aliphatic rings. The molecular formula is C32H26Br2N4O4. The summed E-state index contributed by atoms with van der Waals surface area (Å²) >= 11 is 7.17. The van der Waals surface area contributed by atoms with Crippen LogP contribution >= 0.6 is 31.9 Å².